The van der Waals surface area contributed by atoms with Crippen LogP contribution in [0.15, 0.2) is 58.2 Å². The van der Waals surface area contributed by atoms with Gasteiger partial charge in [-0.25, -0.2) is 4.39 Å². The van der Waals surface area contributed by atoms with Gasteiger partial charge in [0, 0.05) is 28.2 Å². The van der Waals surface area contributed by atoms with Crippen molar-refractivity contribution in [2.24, 2.45) is 10.8 Å². The first kappa shape index (κ1) is 20.6. The quantitative estimate of drug-likeness (QED) is 0.536. The topological polar surface area (TPSA) is 78.8 Å². The van der Waals surface area contributed by atoms with Crippen LogP contribution in [0.1, 0.15) is 12.0 Å². The van der Waals surface area contributed by atoms with Crippen LogP contribution in [-0.2, 0) is 6.54 Å². The Labute approximate surface area is 176 Å². The molecule has 1 atom stereocenters. The Hall–Kier alpha value is -2.13. The first-order valence-electron chi connectivity index (χ1n) is 8.63. The molecule has 0 saturated heterocycles. The first-order chi connectivity index (χ1) is 13.1. The number of aliphatic hydroxyl groups excluding tert-OH is 1. The lowest BCUT2D eigenvalue weighted by Crippen LogP contribution is -2.40. The van der Waals surface area contributed by atoms with Gasteiger partial charge in [-0.1, -0.05) is 28.1 Å². The molecule has 2 aromatic carbocycles. The summed E-state index contributed by atoms with van der Waals surface area (Å²) in [6.07, 6.45) is 1.66. The van der Waals surface area contributed by atoms with E-state index in [1.807, 2.05) is 35.0 Å². The van der Waals surface area contributed by atoms with E-state index in [-0.39, 0.29) is 18.2 Å². The molecule has 0 amide bonds. The number of amidine groups is 1. The highest BCUT2D eigenvalue weighted by atomic mass is 79.9. The lowest BCUT2D eigenvalue weighted by molar-refractivity contribution is 0.159. The third kappa shape index (κ3) is 3.73. The summed E-state index contributed by atoms with van der Waals surface area (Å²) >= 11 is 3.46. The second kappa shape index (κ2) is 8.48. The van der Waals surface area contributed by atoms with E-state index in [0.29, 0.717) is 30.0 Å². The molecule has 9 heteroatoms. The molecule has 1 aromatic heterocycles. The van der Waals surface area contributed by atoms with Crippen LogP contribution in [0, 0.1) is 5.82 Å². The maximum Gasteiger partial charge on any atom is 0.226 e. The van der Waals surface area contributed by atoms with Gasteiger partial charge in [0.15, 0.2) is 5.84 Å². The fourth-order valence-electron chi connectivity index (χ4n) is 3.31. The highest BCUT2D eigenvalue weighted by molar-refractivity contribution is 9.10. The van der Waals surface area contributed by atoms with Gasteiger partial charge in [0.1, 0.15) is 5.82 Å². The summed E-state index contributed by atoms with van der Waals surface area (Å²) in [5.41, 5.74) is 10.7. The second-order valence-electron chi connectivity index (χ2n) is 6.33. The van der Waals surface area contributed by atoms with E-state index in [2.05, 4.69) is 26.5 Å². The lowest BCUT2D eigenvalue weighted by Gasteiger charge is -2.22. The Balaban J connectivity index is 0.00000225. The van der Waals surface area contributed by atoms with Gasteiger partial charge in [-0.05, 0) is 43.3 Å². The largest absolute Gasteiger partial charge is 0.355 e. The number of aromatic nitrogens is 1. The van der Waals surface area contributed by atoms with Gasteiger partial charge in [-0.2, -0.15) is 5.10 Å². The maximum atomic E-state index is 14.0. The number of halogens is 3. The van der Waals surface area contributed by atoms with Gasteiger partial charge >= 0.3 is 0 Å². The van der Waals surface area contributed by atoms with Gasteiger partial charge in [-0.15, -0.1) is 12.4 Å². The molecule has 148 valence electrons. The van der Waals surface area contributed by atoms with Crippen LogP contribution in [0.3, 0.4) is 0 Å². The van der Waals surface area contributed by atoms with Crippen LogP contribution in [0.5, 0.6) is 0 Å². The molecule has 2 heterocycles. The summed E-state index contributed by atoms with van der Waals surface area (Å²) in [6.45, 7) is 1.27. The Kier molecular flexibility index (Phi) is 6.24. The van der Waals surface area contributed by atoms with Gasteiger partial charge < -0.3 is 15.4 Å². The predicted molar refractivity (Wildman–Crippen MR) is 115 cm³/mol. The van der Waals surface area contributed by atoms with Crippen LogP contribution < -0.4 is 16.1 Å². The number of hydrogen-bond acceptors (Lipinski definition) is 5. The van der Waals surface area contributed by atoms with E-state index in [9.17, 15) is 9.50 Å². The molecule has 0 aliphatic carbocycles. The van der Waals surface area contributed by atoms with E-state index in [1.165, 1.54) is 12.1 Å². The van der Waals surface area contributed by atoms with E-state index < -0.39 is 6.35 Å². The van der Waals surface area contributed by atoms with Gasteiger partial charge in [0.05, 0.1) is 11.2 Å². The van der Waals surface area contributed by atoms with Crippen LogP contribution in [0.4, 0.5) is 10.1 Å². The number of aliphatic hydroxyl groups is 1. The van der Waals surface area contributed by atoms with Gasteiger partial charge in [0.25, 0.3) is 0 Å². The number of hydrogen-bond donors (Lipinski definition) is 3. The average Bonchev–Trinajstić information content (AvgIpc) is 3.20. The Morgan fingerprint density at radius 2 is 2.07 bits per heavy atom. The number of anilines is 1. The normalized spacial score (nSPS) is 16.1. The molecule has 3 aromatic rings. The van der Waals surface area contributed by atoms with Crippen LogP contribution in [-0.4, -0.2) is 28.4 Å². The highest BCUT2D eigenvalue weighted by Gasteiger charge is 2.31. The number of benzene rings is 2. The molecule has 4 rings (SSSR count). The number of fused-ring (bicyclic) bond motifs is 1. The molecule has 1 unspecified atom stereocenters. The fourth-order valence-corrected chi connectivity index (χ4v) is 3.71. The summed E-state index contributed by atoms with van der Waals surface area (Å²) in [5, 5.41) is 15.5. The van der Waals surface area contributed by atoms with Crippen molar-refractivity contribution in [3.05, 3.63) is 64.5 Å². The van der Waals surface area contributed by atoms with E-state index in [4.69, 9.17) is 5.73 Å². The fraction of sp³-hybridized carbons (Fsp3) is 0.211. The lowest BCUT2D eigenvalue weighted by atomic mass is 10.1. The van der Waals surface area contributed by atoms with Gasteiger partial charge in [-0.3, -0.25) is 10.3 Å². The van der Waals surface area contributed by atoms with Crippen molar-refractivity contribution in [3.8, 4) is 0 Å². The molecule has 28 heavy (non-hydrogen) atoms. The molecule has 0 fully saturated rings. The van der Waals surface area contributed by atoms with Crippen molar-refractivity contribution in [3.63, 3.8) is 0 Å². The van der Waals surface area contributed by atoms with E-state index in [0.717, 1.165) is 22.0 Å². The first-order valence-corrected chi connectivity index (χ1v) is 9.42. The number of nitrogens with two attached hydrogens (primary N) is 1. The number of aryl methyl sites for hydroxylation is 1. The zero-order valence-corrected chi connectivity index (χ0v) is 17.3. The number of nitrogens with one attached hydrogen (secondary N) is 1. The van der Waals surface area contributed by atoms with Crippen LogP contribution in [0.25, 0.3) is 10.9 Å². The monoisotopic (exact) mass is 467 g/mol. The molecule has 6 nitrogen and oxygen atoms in total. The molecule has 1 aliphatic rings. The average molecular weight is 469 g/mol. The van der Waals surface area contributed by atoms with Crippen LogP contribution in [0.2, 0.25) is 0 Å². The molecule has 0 saturated carbocycles. The molecular formula is C19H20BrClFN5O. The van der Waals surface area contributed by atoms with E-state index >= 15 is 0 Å². The number of nitrogens with zero attached hydrogens (tertiary/aromatic N) is 3. The molecular weight excluding hydrogens is 449 g/mol. The SMILES string of the molecule is Cl.NCCCn1cc(N2C(c3cccc(Br)c3)=NNC2O)c2cc(F)ccc21. The van der Waals surface area contributed by atoms with Crippen molar-refractivity contribution in [1.29, 1.82) is 0 Å². The van der Waals surface area contributed by atoms with E-state index in [1.54, 1.807) is 11.0 Å². The highest BCUT2D eigenvalue weighted by Crippen LogP contribution is 2.33. The van der Waals surface area contributed by atoms with Crippen LogP contribution >= 0.6 is 28.3 Å². The molecule has 0 spiro atoms. The van der Waals surface area contributed by atoms with Crippen molar-refractivity contribution in [2.75, 3.05) is 11.4 Å². The summed E-state index contributed by atoms with van der Waals surface area (Å²) in [4.78, 5) is 1.67. The predicted octanol–water partition coefficient (Wildman–Crippen LogP) is 3.36. The smallest absolute Gasteiger partial charge is 0.226 e. The molecule has 0 radical (unpaired) electrons. The Morgan fingerprint density at radius 1 is 1.25 bits per heavy atom. The number of hydrazone groups is 1. The van der Waals surface area contributed by atoms with Crippen molar-refractivity contribution in [1.82, 2.24) is 9.99 Å². The molecule has 0 bridgehead atoms. The zero-order chi connectivity index (χ0) is 19.0. The summed E-state index contributed by atoms with van der Waals surface area (Å²) < 4.78 is 16.9. The van der Waals surface area contributed by atoms with Crippen molar-refractivity contribution in [2.45, 2.75) is 19.3 Å². The standard InChI is InChI=1S/C19H19BrFN5O.ClH/c20-13-4-1-3-12(9-13)18-23-24-19(27)26(18)17-11-25(8-2-7-22)16-6-5-14(21)10-15(16)17;/h1,3-6,9-11,19,24,27H,2,7-8,22H2;1H. The minimum atomic E-state index is -1.05. The minimum Gasteiger partial charge on any atom is -0.355 e. The second-order valence-corrected chi connectivity index (χ2v) is 7.25. The summed E-state index contributed by atoms with van der Waals surface area (Å²) in [6, 6.07) is 12.3. The third-order valence-electron chi connectivity index (χ3n) is 4.53. The third-order valence-corrected chi connectivity index (χ3v) is 5.02. The minimum absolute atomic E-state index is 0. The molecule has 1 aliphatic heterocycles. The van der Waals surface area contributed by atoms with Gasteiger partial charge in [0.2, 0.25) is 6.35 Å². The molecule has 4 N–H and O–H groups in total. The Morgan fingerprint density at radius 3 is 2.82 bits per heavy atom. The zero-order valence-electron chi connectivity index (χ0n) is 14.8. The Bertz CT molecular complexity index is 1020. The maximum absolute atomic E-state index is 14.0. The summed E-state index contributed by atoms with van der Waals surface area (Å²) in [7, 11) is 0. The summed E-state index contributed by atoms with van der Waals surface area (Å²) in [5.74, 6) is 0.230. The van der Waals surface area contributed by atoms with Crippen molar-refractivity contribution < 1.29 is 9.50 Å². The number of rotatable bonds is 5. The van der Waals surface area contributed by atoms with Crippen molar-refractivity contribution >= 4 is 50.8 Å².